The van der Waals surface area contributed by atoms with Gasteiger partial charge in [-0.05, 0) is 55.0 Å². The van der Waals surface area contributed by atoms with Crippen LogP contribution in [-0.4, -0.2) is 53.0 Å². The van der Waals surface area contributed by atoms with Gasteiger partial charge in [0.05, 0.1) is 19.0 Å². The predicted octanol–water partition coefficient (Wildman–Crippen LogP) is 3.17. The summed E-state index contributed by atoms with van der Waals surface area (Å²) in [5.41, 5.74) is 1.81. The van der Waals surface area contributed by atoms with E-state index in [1.54, 1.807) is 49.4 Å². The highest BCUT2D eigenvalue weighted by atomic mass is 35.5. The molecule has 0 aliphatic heterocycles. The fraction of sp³-hybridized carbons (Fsp3) is 0.273. The van der Waals surface area contributed by atoms with Gasteiger partial charge in [-0.15, -0.1) is 20.2 Å². The maximum absolute atomic E-state index is 13.3. The Labute approximate surface area is 208 Å². The van der Waals surface area contributed by atoms with E-state index in [4.69, 9.17) is 21.1 Å². The summed E-state index contributed by atoms with van der Waals surface area (Å²) in [5.74, 6) is -0.670. The lowest BCUT2D eigenvalue weighted by atomic mass is 10.1. The molecule has 0 spiro atoms. The maximum Gasteiger partial charge on any atom is 0.310 e. The Morgan fingerprint density at radius 1 is 1.06 bits per heavy atom. The first kappa shape index (κ1) is 26.2. The Kier molecular flexibility index (Phi) is 8.27. The van der Waals surface area contributed by atoms with Crippen molar-refractivity contribution in [3.05, 3.63) is 84.5 Å². The molecule has 1 unspecified atom stereocenters. The van der Waals surface area contributed by atoms with Crippen molar-refractivity contribution in [3.63, 3.8) is 0 Å². The van der Waals surface area contributed by atoms with Crippen molar-refractivity contribution in [3.8, 4) is 5.75 Å². The number of benzene rings is 2. The summed E-state index contributed by atoms with van der Waals surface area (Å²) in [6.45, 7) is 0.178. The van der Waals surface area contributed by atoms with E-state index >= 15 is 0 Å². The zero-order valence-electron chi connectivity index (χ0n) is 19.0. The van der Waals surface area contributed by atoms with E-state index in [-0.39, 0.29) is 12.3 Å². The van der Waals surface area contributed by atoms with Crippen LogP contribution in [0.1, 0.15) is 21.6 Å². The fourth-order valence-corrected chi connectivity index (χ4v) is 3.68. The summed E-state index contributed by atoms with van der Waals surface area (Å²) in [7, 11) is 1.47. The van der Waals surface area contributed by atoms with Crippen LogP contribution in [0.4, 0.5) is 0 Å². The lowest BCUT2D eigenvalue weighted by Crippen LogP contribution is -2.30. The third kappa shape index (κ3) is 6.18. The fourth-order valence-electron chi connectivity index (χ4n) is 3.55. The van der Waals surface area contributed by atoms with Gasteiger partial charge in [0.1, 0.15) is 19.0 Å². The third-order valence-corrected chi connectivity index (χ3v) is 5.44. The summed E-state index contributed by atoms with van der Waals surface area (Å²) in [5, 5.41) is 19.7. The minimum absolute atomic E-state index is 0.308. The molecule has 2 aromatic carbocycles. The van der Waals surface area contributed by atoms with Crippen LogP contribution in [0.25, 0.3) is 10.9 Å². The van der Waals surface area contributed by atoms with Gasteiger partial charge in [0.15, 0.2) is 6.10 Å². The molecule has 0 amide bonds. The smallest absolute Gasteiger partial charge is 0.310 e. The SMILES string of the molecule is COc1ccc2c(c1)c(CC(=O)OCC(CO[N+](=O)[O-])O[N+](=O)[O-])c(C)n2C(=O)c1ccc(Cl)cc1. The van der Waals surface area contributed by atoms with Gasteiger partial charge in [0, 0.05) is 21.7 Å². The number of ether oxygens (including phenoxy) is 2. The molecule has 36 heavy (non-hydrogen) atoms. The van der Waals surface area contributed by atoms with Gasteiger partial charge in [-0.1, -0.05) is 11.6 Å². The molecule has 0 saturated carbocycles. The minimum Gasteiger partial charge on any atom is -0.497 e. The van der Waals surface area contributed by atoms with Crippen molar-refractivity contribution in [2.75, 3.05) is 20.3 Å². The number of hydrogen-bond acceptors (Lipinski definition) is 10. The lowest BCUT2D eigenvalue weighted by molar-refractivity contribution is -0.790. The lowest BCUT2D eigenvalue weighted by Gasteiger charge is -2.14. The number of hydrogen-bond donors (Lipinski definition) is 0. The van der Waals surface area contributed by atoms with Crippen LogP contribution in [0.2, 0.25) is 5.02 Å². The Balaban J connectivity index is 1.89. The molecule has 0 saturated heterocycles. The van der Waals surface area contributed by atoms with E-state index in [9.17, 15) is 29.8 Å². The predicted molar refractivity (Wildman–Crippen MR) is 124 cm³/mol. The van der Waals surface area contributed by atoms with Gasteiger partial charge in [-0.2, -0.15) is 0 Å². The molecule has 1 aromatic heterocycles. The van der Waals surface area contributed by atoms with Crippen LogP contribution in [0.3, 0.4) is 0 Å². The summed E-state index contributed by atoms with van der Waals surface area (Å²) in [6, 6.07) is 11.3. The minimum atomic E-state index is -1.51. The second kappa shape index (κ2) is 11.4. The Morgan fingerprint density at radius 2 is 1.75 bits per heavy atom. The summed E-state index contributed by atoms with van der Waals surface area (Å²) in [6.07, 6.45) is -1.82. The maximum atomic E-state index is 13.3. The second-order valence-electron chi connectivity index (χ2n) is 7.42. The largest absolute Gasteiger partial charge is 0.497 e. The zero-order chi connectivity index (χ0) is 26.4. The molecule has 3 aromatic rings. The molecule has 3 rings (SSSR count). The molecule has 13 nitrogen and oxygen atoms in total. The van der Waals surface area contributed by atoms with E-state index in [0.717, 1.165) is 0 Å². The number of methoxy groups -OCH3 is 1. The number of rotatable bonds is 11. The number of carbonyl (C=O) groups excluding carboxylic acids is 2. The molecular weight excluding hydrogens is 502 g/mol. The van der Waals surface area contributed by atoms with Crippen molar-refractivity contribution in [1.82, 2.24) is 4.57 Å². The van der Waals surface area contributed by atoms with E-state index in [2.05, 4.69) is 9.68 Å². The molecule has 14 heteroatoms. The molecule has 190 valence electrons. The Morgan fingerprint density at radius 3 is 2.36 bits per heavy atom. The van der Waals surface area contributed by atoms with Crippen molar-refractivity contribution in [2.45, 2.75) is 19.4 Å². The highest BCUT2D eigenvalue weighted by Gasteiger charge is 2.24. The Hall–Kier alpha value is -4.39. The highest BCUT2D eigenvalue weighted by molar-refractivity contribution is 6.30. The monoisotopic (exact) mass is 521 g/mol. The molecule has 0 N–H and O–H groups in total. The standard InChI is InChI=1S/C22H20ClN3O10/c1-13-18(10-21(27)34-11-17(36-26(31)32)12-35-25(29)30)19-9-16(33-2)7-8-20(19)24(13)22(28)14-3-5-15(23)6-4-14/h3-9,17H,10-12H2,1-2H3. The average molecular weight is 522 g/mol. The molecule has 1 heterocycles. The first-order chi connectivity index (χ1) is 17.1. The van der Waals surface area contributed by atoms with Gasteiger partial charge >= 0.3 is 5.97 Å². The van der Waals surface area contributed by atoms with Crippen LogP contribution in [0.5, 0.6) is 5.75 Å². The quantitative estimate of drug-likeness (QED) is 0.208. The van der Waals surface area contributed by atoms with Crippen LogP contribution >= 0.6 is 11.6 Å². The molecule has 0 radical (unpaired) electrons. The molecule has 0 bridgehead atoms. The summed E-state index contributed by atoms with van der Waals surface area (Å²) >= 11 is 5.93. The van der Waals surface area contributed by atoms with Crippen molar-refractivity contribution in [2.24, 2.45) is 0 Å². The van der Waals surface area contributed by atoms with Gasteiger partial charge in [-0.25, -0.2) is 0 Å². The average Bonchev–Trinajstić information content (AvgIpc) is 3.10. The number of fused-ring (bicyclic) bond motifs is 1. The van der Waals surface area contributed by atoms with Gasteiger partial charge < -0.3 is 19.1 Å². The first-order valence-electron chi connectivity index (χ1n) is 10.3. The number of carbonyl (C=O) groups is 2. The molecule has 0 aliphatic rings. The molecule has 1 atom stereocenters. The van der Waals surface area contributed by atoms with Crippen LogP contribution in [0, 0.1) is 27.2 Å². The highest BCUT2D eigenvalue weighted by Crippen LogP contribution is 2.31. The van der Waals surface area contributed by atoms with E-state index in [1.807, 2.05) is 0 Å². The summed E-state index contributed by atoms with van der Waals surface area (Å²) in [4.78, 5) is 55.2. The molecule has 0 aliphatic carbocycles. The third-order valence-electron chi connectivity index (χ3n) is 5.19. The van der Waals surface area contributed by atoms with Crippen LogP contribution < -0.4 is 4.74 Å². The van der Waals surface area contributed by atoms with E-state index < -0.39 is 35.5 Å². The van der Waals surface area contributed by atoms with Gasteiger partial charge in [0.25, 0.3) is 16.1 Å². The number of nitrogens with zero attached hydrogens (tertiary/aromatic N) is 3. The topological polar surface area (TPSA) is 162 Å². The zero-order valence-corrected chi connectivity index (χ0v) is 19.8. The van der Waals surface area contributed by atoms with Crippen molar-refractivity contribution >= 4 is 34.4 Å². The van der Waals surface area contributed by atoms with Gasteiger partial charge in [-0.3, -0.25) is 14.2 Å². The number of esters is 1. The second-order valence-corrected chi connectivity index (χ2v) is 7.86. The van der Waals surface area contributed by atoms with E-state index in [0.29, 0.717) is 38.5 Å². The first-order valence-corrected chi connectivity index (χ1v) is 10.7. The van der Waals surface area contributed by atoms with Crippen LogP contribution in [-0.2, 0) is 25.6 Å². The molecular formula is C22H20ClN3O10. The number of halogens is 1. The van der Waals surface area contributed by atoms with Crippen LogP contribution in [0.15, 0.2) is 42.5 Å². The van der Waals surface area contributed by atoms with Crippen molar-refractivity contribution < 1.29 is 38.9 Å². The van der Waals surface area contributed by atoms with Gasteiger partial charge in [0.2, 0.25) is 0 Å². The molecule has 0 fully saturated rings. The van der Waals surface area contributed by atoms with Crippen molar-refractivity contribution in [1.29, 1.82) is 0 Å². The Bertz CT molecular complexity index is 1310. The number of aromatic nitrogens is 1. The normalized spacial score (nSPS) is 11.5. The summed E-state index contributed by atoms with van der Waals surface area (Å²) < 4.78 is 11.8. The van der Waals surface area contributed by atoms with E-state index in [1.165, 1.54) is 11.7 Å².